The minimum Gasteiger partial charge on any atom is -0.382 e. The Balaban J connectivity index is 2.03. The molecule has 0 saturated carbocycles. The van der Waals surface area contributed by atoms with E-state index in [1.54, 1.807) is 0 Å². The average Bonchev–Trinajstić information content (AvgIpc) is 2.63. The lowest BCUT2D eigenvalue weighted by atomic mass is 9.91. The minimum absolute atomic E-state index is 0.103. The highest BCUT2D eigenvalue weighted by Crippen LogP contribution is 2.28. The molecule has 1 amide bonds. The van der Waals surface area contributed by atoms with E-state index in [9.17, 15) is 9.18 Å². The molecule has 0 atom stereocenters. The number of nitrogen functional groups attached to an aromatic ring is 1. The number of carbonyl (C=O) groups excluding carboxylic acids is 1. The molecule has 1 aliphatic heterocycles. The maximum Gasteiger partial charge on any atom is 0.271 e. The quantitative estimate of drug-likeness (QED) is 0.569. The van der Waals surface area contributed by atoms with Gasteiger partial charge in [0, 0.05) is 24.2 Å². The highest BCUT2D eigenvalue weighted by molar-refractivity contribution is 6.31. The smallest absolute Gasteiger partial charge is 0.271 e. The summed E-state index contributed by atoms with van der Waals surface area (Å²) in [4.78, 5) is 22.3. The summed E-state index contributed by atoms with van der Waals surface area (Å²) < 4.78 is 14.3. The molecule has 1 fully saturated rings. The van der Waals surface area contributed by atoms with Gasteiger partial charge in [-0.1, -0.05) is 17.7 Å². The molecule has 1 aromatic carbocycles. The Labute approximate surface area is 166 Å². The first-order chi connectivity index (χ1) is 13.1. The lowest BCUT2D eigenvalue weighted by Crippen LogP contribution is -2.49. The van der Waals surface area contributed by atoms with Gasteiger partial charge in [0.15, 0.2) is 23.1 Å². The lowest BCUT2D eigenvalue weighted by Gasteiger charge is -2.37. The van der Waals surface area contributed by atoms with E-state index in [0.717, 1.165) is 0 Å². The van der Waals surface area contributed by atoms with Gasteiger partial charge in [0.25, 0.3) is 5.91 Å². The Kier molecular flexibility index (Phi) is 5.22. The summed E-state index contributed by atoms with van der Waals surface area (Å²) in [5.41, 5.74) is 16.6. The van der Waals surface area contributed by atoms with Gasteiger partial charge < -0.3 is 22.1 Å². The number of anilines is 2. The van der Waals surface area contributed by atoms with Crippen molar-refractivity contribution in [3.63, 3.8) is 0 Å². The monoisotopic (exact) mass is 405 g/mol. The SMILES string of the molecule is CC1(N)CCN(c2nc(N)c(C(=N)c3cccc(Cl)c3F)nc2C(N)=O)CC1. The van der Waals surface area contributed by atoms with Crippen molar-refractivity contribution >= 4 is 34.9 Å². The molecule has 10 heteroatoms. The van der Waals surface area contributed by atoms with Gasteiger partial charge in [-0.3, -0.25) is 10.2 Å². The van der Waals surface area contributed by atoms with Crippen LogP contribution in [0.1, 0.15) is 41.5 Å². The van der Waals surface area contributed by atoms with Crippen LogP contribution in [0.3, 0.4) is 0 Å². The van der Waals surface area contributed by atoms with Gasteiger partial charge in [0.1, 0.15) is 5.69 Å². The number of carbonyl (C=O) groups is 1. The van der Waals surface area contributed by atoms with E-state index >= 15 is 0 Å². The Morgan fingerprint density at radius 2 is 1.93 bits per heavy atom. The van der Waals surface area contributed by atoms with Gasteiger partial charge in [0.05, 0.1) is 10.7 Å². The molecule has 1 aromatic heterocycles. The Morgan fingerprint density at radius 3 is 2.54 bits per heavy atom. The number of nitrogens with two attached hydrogens (primary N) is 3. The maximum absolute atomic E-state index is 14.3. The van der Waals surface area contributed by atoms with Crippen molar-refractivity contribution in [3.05, 3.63) is 46.0 Å². The van der Waals surface area contributed by atoms with Crippen molar-refractivity contribution in [2.75, 3.05) is 23.7 Å². The van der Waals surface area contributed by atoms with Gasteiger partial charge in [-0.25, -0.2) is 14.4 Å². The molecule has 0 aliphatic carbocycles. The summed E-state index contributed by atoms with van der Waals surface area (Å²) in [6.07, 6.45) is 1.39. The molecule has 1 aliphatic rings. The standard InChI is InChI=1S/C18H21ClFN7O/c1-18(24)5-7-27(8-6-18)17-14(16(23)28)25-13(15(22)26-17)12(21)9-3-2-4-10(19)11(9)20/h2-4,21H,5-8,24H2,1H3,(H2,22,26)(H2,23,28). The van der Waals surface area contributed by atoms with Gasteiger partial charge in [-0.05, 0) is 31.9 Å². The molecule has 2 aromatic rings. The van der Waals surface area contributed by atoms with Crippen LogP contribution in [-0.2, 0) is 0 Å². The van der Waals surface area contributed by atoms with Crippen molar-refractivity contribution in [1.29, 1.82) is 5.41 Å². The van der Waals surface area contributed by atoms with Crippen molar-refractivity contribution < 1.29 is 9.18 Å². The van der Waals surface area contributed by atoms with Crippen molar-refractivity contribution in [2.24, 2.45) is 11.5 Å². The number of aromatic nitrogens is 2. The number of nitrogens with zero attached hydrogens (tertiary/aromatic N) is 3. The Bertz CT molecular complexity index is 953. The lowest BCUT2D eigenvalue weighted by molar-refractivity contribution is 0.0995. The van der Waals surface area contributed by atoms with Crippen LogP contribution in [0.25, 0.3) is 0 Å². The van der Waals surface area contributed by atoms with E-state index in [0.29, 0.717) is 25.9 Å². The van der Waals surface area contributed by atoms with Crippen LogP contribution >= 0.6 is 11.6 Å². The second-order valence-electron chi connectivity index (χ2n) is 7.11. The zero-order chi connectivity index (χ0) is 20.6. The average molecular weight is 406 g/mol. The first-order valence-electron chi connectivity index (χ1n) is 8.65. The summed E-state index contributed by atoms with van der Waals surface area (Å²) in [7, 11) is 0. The van der Waals surface area contributed by atoms with Crippen LogP contribution in [0.2, 0.25) is 5.02 Å². The number of halogens is 2. The topological polar surface area (TPSA) is 148 Å². The molecule has 1 saturated heterocycles. The second-order valence-corrected chi connectivity index (χ2v) is 7.52. The van der Waals surface area contributed by atoms with Crippen LogP contribution in [0.4, 0.5) is 16.0 Å². The Morgan fingerprint density at radius 1 is 1.29 bits per heavy atom. The van der Waals surface area contributed by atoms with Crippen molar-refractivity contribution in [2.45, 2.75) is 25.3 Å². The molecule has 8 nitrogen and oxygen atoms in total. The summed E-state index contributed by atoms with van der Waals surface area (Å²) in [5, 5.41) is 8.15. The number of hydrogen-bond donors (Lipinski definition) is 4. The third kappa shape index (κ3) is 3.76. The highest BCUT2D eigenvalue weighted by Gasteiger charge is 2.30. The number of nitrogens with one attached hydrogen (secondary N) is 1. The first kappa shape index (κ1) is 20.0. The fraction of sp³-hybridized carbons (Fsp3) is 0.333. The maximum atomic E-state index is 14.3. The predicted molar refractivity (Wildman–Crippen MR) is 106 cm³/mol. The van der Waals surface area contributed by atoms with Crippen molar-refractivity contribution in [3.8, 4) is 0 Å². The van der Waals surface area contributed by atoms with Crippen LogP contribution in [0, 0.1) is 11.2 Å². The molecule has 3 rings (SSSR count). The molecule has 0 spiro atoms. The van der Waals surface area contributed by atoms with Crippen LogP contribution in [0.15, 0.2) is 18.2 Å². The molecule has 28 heavy (non-hydrogen) atoms. The molecule has 2 heterocycles. The number of hydrogen-bond acceptors (Lipinski definition) is 7. The normalized spacial score (nSPS) is 16.1. The van der Waals surface area contributed by atoms with E-state index in [2.05, 4.69) is 9.97 Å². The van der Waals surface area contributed by atoms with Crippen LogP contribution in [-0.4, -0.2) is 40.2 Å². The van der Waals surface area contributed by atoms with Gasteiger partial charge in [0.2, 0.25) is 0 Å². The molecule has 148 valence electrons. The summed E-state index contributed by atoms with van der Waals surface area (Å²) in [5.74, 6) is -1.46. The van der Waals surface area contributed by atoms with Gasteiger partial charge in [-0.2, -0.15) is 0 Å². The van der Waals surface area contributed by atoms with Crippen LogP contribution < -0.4 is 22.1 Å². The molecule has 0 unspecified atom stereocenters. The van der Waals surface area contributed by atoms with Gasteiger partial charge >= 0.3 is 0 Å². The Hall–Kier alpha value is -2.78. The molecule has 7 N–H and O–H groups in total. The van der Waals surface area contributed by atoms with Crippen LogP contribution in [0.5, 0.6) is 0 Å². The summed E-state index contributed by atoms with van der Waals surface area (Å²) in [6, 6.07) is 4.23. The summed E-state index contributed by atoms with van der Waals surface area (Å²) in [6.45, 7) is 3.07. The fourth-order valence-electron chi connectivity index (χ4n) is 3.06. The number of piperidine rings is 1. The number of rotatable bonds is 4. The third-order valence-corrected chi connectivity index (χ3v) is 5.09. The van der Waals surface area contributed by atoms with Crippen molar-refractivity contribution in [1.82, 2.24) is 9.97 Å². The fourth-order valence-corrected chi connectivity index (χ4v) is 3.24. The summed E-state index contributed by atoms with van der Waals surface area (Å²) >= 11 is 5.79. The zero-order valence-corrected chi connectivity index (χ0v) is 16.1. The molecular formula is C18H21ClFN7O. The van der Waals surface area contributed by atoms with E-state index < -0.39 is 11.7 Å². The van der Waals surface area contributed by atoms with E-state index in [1.165, 1.54) is 18.2 Å². The van der Waals surface area contributed by atoms with E-state index in [-0.39, 0.29) is 44.9 Å². The number of amides is 1. The number of benzene rings is 1. The van der Waals surface area contributed by atoms with E-state index in [1.807, 2.05) is 11.8 Å². The molecule has 0 bridgehead atoms. The first-order valence-corrected chi connectivity index (χ1v) is 9.03. The molecular weight excluding hydrogens is 385 g/mol. The predicted octanol–water partition coefficient (Wildman–Crippen LogP) is 1.68. The van der Waals surface area contributed by atoms with E-state index in [4.69, 9.17) is 34.2 Å². The van der Waals surface area contributed by atoms with Gasteiger partial charge in [-0.15, -0.1) is 0 Å². The number of primary amides is 1. The molecule has 0 radical (unpaired) electrons. The highest BCUT2D eigenvalue weighted by atomic mass is 35.5. The second kappa shape index (κ2) is 7.33. The minimum atomic E-state index is -0.816. The largest absolute Gasteiger partial charge is 0.382 e. The zero-order valence-electron chi connectivity index (χ0n) is 15.3. The third-order valence-electron chi connectivity index (χ3n) is 4.80.